The first-order valence-corrected chi connectivity index (χ1v) is 7.58. The van der Waals surface area contributed by atoms with Crippen molar-refractivity contribution in [3.05, 3.63) is 72.6 Å². The van der Waals surface area contributed by atoms with Gasteiger partial charge < -0.3 is 4.74 Å². The quantitative estimate of drug-likeness (QED) is 0.580. The molecule has 3 rings (SSSR count). The van der Waals surface area contributed by atoms with Gasteiger partial charge >= 0.3 is 0 Å². The molecule has 1 aromatic heterocycles. The Morgan fingerprint density at radius 1 is 1.08 bits per heavy atom. The molecule has 0 aliphatic carbocycles. The second-order valence-electron chi connectivity index (χ2n) is 5.24. The number of fused-ring (bicyclic) bond motifs is 1. The van der Waals surface area contributed by atoms with Crippen LogP contribution >= 0.6 is 0 Å². The van der Waals surface area contributed by atoms with E-state index in [1.807, 2.05) is 60.7 Å². The van der Waals surface area contributed by atoms with Crippen LogP contribution in [-0.4, -0.2) is 23.2 Å². The zero-order chi connectivity index (χ0) is 16.8. The van der Waals surface area contributed by atoms with Gasteiger partial charge in [-0.1, -0.05) is 36.4 Å². The zero-order valence-corrected chi connectivity index (χ0v) is 13.3. The van der Waals surface area contributed by atoms with Crippen LogP contribution in [0.1, 0.15) is 12.6 Å². The Morgan fingerprint density at radius 3 is 2.67 bits per heavy atom. The molecule has 0 unspecified atom stereocenters. The van der Waals surface area contributed by atoms with Crippen molar-refractivity contribution in [3.8, 4) is 5.75 Å². The predicted octanol–water partition coefficient (Wildman–Crippen LogP) is 3.15. The molecule has 5 nitrogen and oxygen atoms in total. The van der Waals surface area contributed by atoms with E-state index in [4.69, 9.17) is 4.74 Å². The lowest BCUT2D eigenvalue weighted by Crippen LogP contribution is -2.25. The Morgan fingerprint density at radius 2 is 1.88 bits per heavy atom. The van der Waals surface area contributed by atoms with Gasteiger partial charge in [-0.3, -0.25) is 9.78 Å². The summed E-state index contributed by atoms with van der Waals surface area (Å²) in [6, 6.07) is 19.2. The average Bonchev–Trinajstić information content (AvgIpc) is 2.65. The molecule has 0 aliphatic heterocycles. The minimum Gasteiger partial charge on any atom is -0.484 e. The summed E-state index contributed by atoms with van der Waals surface area (Å²) in [5.74, 6) is 0.327. The topological polar surface area (TPSA) is 63.6 Å². The van der Waals surface area contributed by atoms with Gasteiger partial charge in [-0.15, -0.1) is 0 Å². The van der Waals surface area contributed by atoms with Gasteiger partial charge in [-0.2, -0.15) is 5.10 Å². The van der Waals surface area contributed by atoms with E-state index in [2.05, 4.69) is 15.5 Å². The largest absolute Gasteiger partial charge is 0.484 e. The van der Waals surface area contributed by atoms with Crippen molar-refractivity contribution in [1.82, 2.24) is 10.4 Å². The summed E-state index contributed by atoms with van der Waals surface area (Å²) in [5.41, 5.74) is 3.82. The normalized spacial score (nSPS) is 11.3. The number of hydrogen-bond donors (Lipinski definition) is 1. The van der Waals surface area contributed by atoms with Gasteiger partial charge in [0.05, 0.1) is 11.4 Å². The fraction of sp³-hybridized carbons (Fsp3) is 0.105. The van der Waals surface area contributed by atoms with Crippen LogP contribution in [0.15, 0.2) is 72.0 Å². The molecule has 0 radical (unpaired) electrons. The van der Waals surface area contributed by atoms with Crippen molar-refractivity contribution < 1.29 is 9.53 Å². The number of nitrogens with zero attached hydrogens (tertiary/aromatic N) is 2. The van der Waals surface area contributed by atoms with E-state index in [0.717, 1.165) is 10.8 Å². The van der Waals surface area contributed by atoms with Gasteiger partial charge in [0.15, 0.2) is 6.61 Å². The number of benzene rings is 2. The van der Waals surface area contributed by atoms with Crippen molar-refractivity contribution in [2.24, 2.45) is 5.10 Å². The number of carbonyl (C=O) groups excluding carboxylic acids is 1. The first-order chi connectivity index (χ1) is 11.7. The van der Waals surface area contributed by atoms with Crippen LogP contribution in [0, 0.1) is 0 Å². The zero-order valence-electron chi connectivity index (χ0n) is 13.3. The molecule has 0 saturated heterocycles. The molecule has 0 fully saturated rings. The minimum atomic E-state index is -0.321. The van der Waals surface area contributed by atoms with Crippen LogP contribution in [0.2, 0.25) is 0 Å². The van der Waals surface area contributed by atoms with Crippen LogP contribution < -0.4 is 10.2 Å². The molecular formula is C19H17N3O2. The Labute approximate surface area is 140 Å². The molecule has 1 heterocycles. The highest BCUT2D eigenvalue weighted by atomic mass is 16.5. The highest BCUT2D eigenvalue weighted by Crippen LogP contribution is 2.20. The van der Waals surface area contributed by atoms with Crippen LogP contribution in [0.25, 0.3) is 10.8 Å². The number of amides is 1. The van der Waals surface area contributed by atoms with Crippen molar-refractivity contribution in [2.75, 3.05) is 6.61 Å². The van der Waals surface area contributed by atoms with Gasteiger partial charge in [0, 0.05) is 6.20 Å². The van der Waals surface area contributed by atoms with Gasteiger partial charge in [-0.25, -0.2) is 5.43 Å². The van der Waals surface area contributed by atoms with Crippen molar-refractivity contribution >= 4 is 22.4 Å². The molecule has 0 atom stereocenters. The van der Waals surface area contributed by atoms with Gasteiger partial charge in [0.25, 0.3) is 5.91 Å². The fourth-order valence-electron chi connectivity index (χ4n) is 2.22. The Hall–Kier alpha value is -3.21. The number of hydrazone groups is 1. The van der Waals surface area contributed by atoms with E-state index in [-0.39, 0.29) is 12.5 Å². The van der Waals surface area contributed by atoms with E-state index in [1.165, 1.54) is 0 Å². The molecule has 1 N–H and O–H groups in total. The molecule has 2 aromatic carbocycles. The number of hydrogen-bond acceptors (Lipinski definition) is 4. The third-order valence-corrected chi connectivity index (χ3v) is 3.47. The number of pyridine rings is 1. The molecule has 0 saturated carbocycles. The summed E-state index contributed by atoms with van der Waals surface area (Å²) >= 11 is 0. The first kappa shape index (κ1) is 15.7. The molecule has 24 heavy (non-hydrogen) atoms. The first-order valence-electron chi connectivity index (χ1n) is 7.58. The molecular weight excluding hydrogens is 302 g/mol. The molecule has 3 aromatic rings. The van der Waals surface area contributed by atoms with Crippen LogP contribution in [0.5, 0.6) is 5.75 Å². The third kappa shape index (κ3) is 3.95. The Balaban J connectivity index is 1.57. The van der Waals surface area contributed by atoms with E-state index < -0.39 is 0 Å². The van der Waals surface area contributed by atoms with Crippen molar-refractivity contribution in [2.45, 2.75) is 6.92 Å². The highest BCUT2D eigenvalue weighted by molar-refractivity contribution is 5.97. The SMILES string of the molecule is C/C(=N\NC(=O)COc1ccc2ccccc2c1)c1ccccn1. The van der Waals surface area contributed by atoms with Gasteiger partial charge in [0.2, 0.25) is 0 Å². The van der Waals surface area contributed by atoms with Crippen LogP contribution in [-0.2, 0) is 4.79 Å². The molecule has 5 heteroatoms. The smallest absolute Gasteiger partial charge is 0.277 e. The molecule has 120 valence electrons. The average molecular weight is 319 g/mol. The second-order valence-corrected chi connectivity index (χ2v) is 5.24. The van der Waals surface area contributed by atoms with E-state index >= 15 is 0 Å². The van der Waals surface area contributed by atoms with Gasteiger partial charge in [0.1, 0.15) is 5.75 Å². The second kappa shape index (κ2) is 7.37. The van der Waals surface area contributed by atoms with Gasteiger partial charge in [-0.05, 0) is 42.0 Å². The lowest BCUT2D eigenvalue weighted by molar-refractivity contribution is -0.123. The van der Waals surface area contributed by atoms with Crippen molar-refractivity contribution in [1.29, 1.82) is 0 Å². The lowest BCUT2D eigenvalue weighted by atomic mass is 10.1. The molecule has 1 amide bonds. The summed E-state index contributed by atoms with van der Waals surface area (Å²) < 4.78 is 5.52. The summed E-state index contributed by atoms with van der Waals surface area (Å²) in [6.45, 7) is 1.68. The van der Waals surface area contributed by atoms with E-state index in [9.17, 15) is 4.79 Å². The number of ether oxygens (including phenoxy) is 1. The number of aromatic nitrogens is 1. The summed E-state index contributed by atoms with van der Waals surface area (Å²) in [7, 11) is 0. The maximum atomic E-state index is 11.9. The van der Waals surface area contributed by atoms with Crippen LogP contribution in [0.3, 0.4) is 0 Å². The Kier molecular flexibility index (Phi) is 4.81. The maximum absolute atomic E-state index is 11.9. The standard InChI is InChI=1S/C19H17N3O2/c1-14(18-8-4-5-11-20-18)21-22-19(23)13-24-17-10-9-15-6-2-3-7-16(15)12-17/h2-12H,13H2,1H3,(H,22,23)/b21-14+. The lowest BCUT2D eigenvalue weighted by Gasteiger charge is -2.07. The fourth-order valence-corrected chi connectivity index (χ4v) is 2.22. The van der Waals surface area contributed by atoms with Crippen molar-refractivity contribution in [3.63, 3.8) is 0 Å². The minimum absolute atomic E-state index is 0.0999. The predicted molar refractivity (Wildman–Crippen MR) is 94.0 cm³/mol. The van der Waals surface area contributed by atoms with E-state index in [0.29, 0.717) is 17.2 Å². The number of rotatable bonds is 5. The third-order valence-electron chi connectivity index (χ3n) is 3.47. The maximum Gasteiger partial charge on any atom is 0.277 e. The summed E-state index contributed by atoms with van der Waals surface area (Å²) in [5, 5.41) is 6.23. The molecule has 0 spiro atoms. The van der Waals surface area contributed by atoms with Crippen LogP contribution in [0.4, 0.5) is 0 Å². The van der Waals surface area contributed by atoms with E-state index in [1.54, 1.807) is 13.1 Å². The molecule has 0 aliphatic rings. The monoisotopic (exact) mass is 319 g/mol. The summed E-state index contributed by atoms with van der Waals surface area (Å²) in [4.78, 5) is 16.0. The summed E-state index contributed by atoms with van der Waals surface area (Å²) in [6.07, 6.45) is 1.68. The Bertz CT molecular complexity index is 876. The number of carbonyl (C=O) groups is 1. The highest BCUT2D eigenvalue weighted by Gasteiger charge is 2.04. The molecule has 0 bridgehead atoms. The number of nitrogens with one attached hydrogen (secondary N) is 1.